The summed E-state index contributed by atoms with van der Waals surface area (Å²) in [5.41, 5.74) is 0.155. The number of carboxylic acid groups (broad SMARTS) is 1. The number of nitrogens with one attached hydrogen (secondary N) is 1. The molecule has 2 N–H and O–H groups in total. The van der Waals surface area contributed by atoms with Crippen LogP contribution in [0.3, 0.4) is 0 Å². The number of carboxylic acids is 1. The summed E-state index contributed by atoms with van der Waals surface area (Å²) in [5.74, 6) is -1.64. The van der Waals surface area contributed by atoms with E-state index in [0.29, 0.717) is 13.1 Å². The predicted octanol–water partition coefficient (Wildman–Crippen LogP) is 1.21. The van der Waals surface area contributed by atoms with Crippen molar-refractivity contribution in [3.8, 4) is 11.5 Å². The number of likely N-dealkylation sites (tertiary alicyclic amines) is 1. The van der Waals surface area contributed by atoms with E-state index in [-0.39, 0.29) is 41.0 Å². The van der Waals surface area contributed by atoms with Gasteiger partial charge >= 0.3 is 5.97 Å². The highest BCUT2D eigenvalue weighted by Gasteiger charge is 2.34. The van der Waals surface area contributed by atoms with E-state index in [1.165, 1.54) is 26.4 Å². The first-order chi connectivity index (χ1) is 11.4. The van der Waals surface area contributed by atoms with Crippen LogP contribution in [0.2, 0.25) is 0 Å². The first-order valence-electron chi connectivity index (χ1n) is 7.49. The summed E-state index contributed by atoms with van der Waals surface area (Å²) >= 11 is 0. The number of amides is 2. The van der Waals surface area contributed by atoms with Crippen LogP contribution >= 0.6 is 0 Å². The number of nitrogens with zero attached hydrogens (tertiary/aromatic N) is 1. The number of anilines is 1. The van der Waals surface area contributed by atoms with Gasteiger partial charge in [0.1, 0.15) is 0 Å². The molecule has 1 fully saturated rings. The smallest absolute Gasteiger partial charge is 0.335 e. The lowest BCUT2D eigenvalue weighted by Gasteiger charge is -2.17. The molecule has 0 bridgehead atoms. The molecular formula is C16H20N2O6. The van der Waals surface area contributed by atoms with Crippen LogP contribution in [0.5, 0.6) is 11.5 Å². The highest BCUT2D eigenvalue weighted by atomic mass is 16.5. The van der Waals surface area contributed by atoms with Gasteiger partial charge in [-0.3, -0.25) is 9.59 Å². The van der Waals surface area contributed by atoms with Gasteiger partial charge in [-0.2, -0.15) is 0 Å². The average molecular weight is 336 g/mol. The molecule has 2 rings (SSSR count). The summed E-state index contributed by atoms with van der Waals surface area (Å²) in [7, 11) is 2.77. The maximum absolute atomic E-state index is 12.4. The summed E-state index contributed by atoms with van der Waals surface area (Å²) in [4.78, 5) is 37.0. The van der Waals surface area contributed by atoms with Crippen LogP contribution < -0.4 is 14.8 Å². The lowest BCUT2D eigenvalue weighted by atomic mass is 10.1. The van der Waals surface area contributed by atoms with E-state index in [1.807, 2.05) is 6.92 Å². The monoisotopic (exact) mass is 336 g/mol. The largest absolute Gasteiger partial charge is 0.493 e. The van der Waals surface area contributed by atoms with E-state index in [0.717, 1.165) is 0 Å². The zero-order valence-corrected chi connectivity index (χ0v) is 13.8. The third kappa shape index (κ3) is 3.42. The summed E-state index contributed by atoms with van der Waals surface area (Å²) in [6.45, 7) is 2.75. The van der Waals surface area contributed by atoms with Crippen molar-refractivity contribution in [2.24, 2.45) is 5.92 Å². The first kappa shape index (κ1) is 17.6. The fourth-order valence-corrected chi connectivity index (χ4v) is 2.67. The fraction of sp³-hybridized carbons (Fsp3) is 0.438. The number of hydrogen-bond acceptors (Lipinski definition) is 5. The van der Waals surface area contributed by atoms with Gasteiger partial charge in [-0.05, 0) is 19.1 Å². The van der Waals surface area contributed by atoms with Crippen LogP contribution in [0.25, 0.3) is 0 Å². The Labute approximate surface area is 139 Å². The molecule has 0 spiro atoms. The van der Waals surface area contributed by atoms with Crippen molar-refractivity contribution in [1.82, 2.24) is 4.90 Å². The predicted molar refractivity (Wildman–Crippen MR) is 85.5 cm³/mol. The number of aromatic carboxylic acids is 1. The Morgan fingerprint density at radius 2 is 2.04 bits per heavy atom. The molecule has 1 aromatic carbocycles. The van der Waals surface area contributed by atoms with Crippen molar-refractivity contribution >= 4 is 23.5 Å². The average Bonchev–Trinajstić information content (AvgIpc) is 2.94. The van der Waals surface area contributed by atoms with Gasteiger partial charge in [0, 0.05) is 19.5 Å². The zero-order valence-electron chi connectivity index (χ0n) is 13.8. The lowest BCUT2D eigenvalue weighted by molar-refractivity contribution is -0.128. The molecule has 130 valence electrons. The van der Waals surface area contributed by atoms with Gasteiger partial charge in [-0.15, -0.1) is 0 Å². The Balaban J connectivity index is 2.28. The summed E-state index contributed by atoms with van der Waals surface area (Å²) in [6, 6.07) is 2.62. The Morgan fingerprint density at radius 1 is 1.33 bits per heavy atom. The van der Waals surface area contributed by atoms with Crippen molar-refractivity contribution < 1.29 is 29.0 Å². The highest BCUT2D eigenvalue weighted by Crippen LogP contribution is 2.37. The van der Waals surface area contributed by atoms with E-state index < -0.39 is 11.9 Å². The van der Waals surface area contributed by atoms with Crippen molar-refractivity contribution in [3.63, 3.8) is 0 Å². The number of methoxy groups -OCH3 is 2. The second-order valence-corrected chi connectivity index (χ2v) is 5.39. The van der Waals surface area contributed by atoms with Crippen molar-refractivity contribution in [1.29, 1.82) is 0 Å². The standard InChI is InChI=1S/C16H20N2O6/c1-4-18-8-10(7-13(18)19)15(20)17-11-5-9(16(21)22)6-12(23-2)14(11)24-3/h5-6,10H,4,7-8H2,1-3H3,(H,17,20)(H,21,22). The van der Waals surface area contributed by atoms with Gasteiger partial charge in [0.15, 0.2) is 11.5 Å². The molecule has 8 heteroatoms. The Hall–Kier alpha value is -2.77. The highest BCUT2D eigenvalue weighted by molar-refractivity contribution is 6.00. The minimum atomic E-state index is -1.15. The second-order valence-electron chi connectivity index (χ2n) is 5.39. The molecule has 0 saturated carbocycles. The van der Waals surface area contributed by atoms with Crippen LogP contribution in [0.4, 0.5) is 5.69 Å². The van der Waals surface area contributed by atoms with Gasteiger partial charge in [0.25, 0.3) is 0 Å². The molecule has 2 amide bonds. The Kier molecular flexibility index (Phi) is 5.28. The number of ether oxygens (including phenoxy) is 2. The molecule has 1 heterocycles. The van der Waals surface area contributed by atoms with Gasteiger partial charge in [-0.1, -0.05) is 0 Å². The molecule has 1 aliphatic heterocycles. The molecule has 1 unspecified atom stereocenters. The molecular weight excluding hydrogens is 316 g/mol. The molecule has 0 radical (unpaired) electrons. The minimum absolute atomic E-state index is 0.0411. The quantitative estimate of drug-likeness (QED) is 0.809. The number of benzene rings is 1. The molecule has 0 aliphatic carbocycles. The molecule has 8 nitrogen and oxygen atoms in total. The summed E-state index contributed by atoms with van der Waals surface area (Å²) in [5, 5.41) is 11.8. The Morgan fingerprint density at radius 3 is 2.54 bits per heavy atom. The van der Waals surface area contributed by atoms with Crippen molar-refractivity contribution in [3.05, 3.63) is 17.7 Å². The molecule has 1 atom stereocenters. The fourth-order valence-electron chi connectivity index (χ4n) is 2.67. The maximum Gasteiger partial charge on any atom is 0.335 e. The first-order valence-corrected chi connectivity index (χ1v) is 7.49. The molecule has 0 aromatic heterocycles. The molecule has 24 heavy (non-hydrogen) atoms. The Bertz CT molecular complexity index is 673. The maximum atomic E-state index is 12.4. The van der Waals surface area contributed by atoms with E-state index in [4.69, 9.17) is 9.47 Å². The van der Waals surface area contributed by atoms with E-state index >= 15 is 0 Å². The molecule has 1 saturated heterocycles. The van der Waals surface area contributed by atoms with Crippen molar-refractivity contribution in [2.75, 3.05) is 32.6 Å². The van der Waals surface area contributed by atoms with Crippen LogP contribution in [0.15, 0.2) is 12.1 Å². The van der Waals surface area contributed by atoms with Crippen molar-refractivity contribution in [2.45, 2.75) is 13.3 Å². The van der Waals surface area contributed by atoms with Gasteiger partial charge in [-0.25, -0.2) is 4.79 Å². The normalized spacial score (nSPS) is 16.9. The summed E-state index contributed by atoms with van der Waals surface area (Å²) in [6.07, 6.45) is 0.137. The van der Waals surface area contributed by atoms with Crippen LogP contribution in [-0.4, -0.2) is 55.1 Å². The number of hydrogen-bond donors (Lipinski definition) is 2. The third-order valence-electron chi connectivity index (χ3n) is 3.95. The summed E-state index contributed by atoms with van der Waals surface area (Å²) < 4.78 is 10.3. The SMILES string of the molecule is CCN1CC(C(=O)Nc2cc(C(=O)O)cc(OC)c2OC)CC1=O. The van der Waals surface area contributed by atoms with Crippen LogP contribution in [0.1, 0.15) is 23.7 Å². The third-order valence-corrected chi connectivity index (χ3v) is 3.95. The van der Waals surface area contributed by atoms with E-state index in [1.54, 1.807) is 4.90 Å². The van der Waals surface area contributed by atoms with Gasteiger partial charge in [0.05, 0.1) is 31.4 Å². The zero-order chi connectivity index (χ0) is 17.9. The van der Waals surface area contributed by atoms with Gasteiger partial charge < -0.3 is 24.8 Å². The van der Waals surface area contributed by atoms with Gasteiger partial charge in [0.2, 0.25) is 11.8 Å². The molecule has 1 aromatic rings. The second kappa shape index (κ2) is 7.20. The van der Waals surface area contributed by atoms with E-state index in [2.05, 4.69) is 5.32 Å². The van der Waals surface area contributed by atoms with Crippen LogP contribution in [-0.2, 0) is 9.59 Å². The minimum Gasteiger partial charge on any atom is -0.493 e. The molecule has 1 aliphatic rings. The number of carbonyl (C=O) groups excluding carboxylic acids is 2. The lowest BCUT2D eigenvalue weighted by Crippen LogP contribution is -2.28. The number of carbonyl (C=O) groups is 3. The topological polar surface area (TPSA) is 105 Å². The van der Waals surface area contributed by atoms with Crippen LogP contribution in [0, 0.1) is 5.92 Å². The number of rotatable bonds is 6. The van der Waals surface area contributed by atoms with E-state index in [9.17, 15) is 19.5 Å².